The van der Waals surface area contributed by atoms with Crippen molar-refractivity contribution in [1.82, 2.24) is 4.90 Å². The predicted octanol–water partition coefficient (Wildman–Crippen LogP) is 2.76. The summed E-state index contributed by atoms with van der Waals surface area (Å²) in [7, 11) is 0. The minimum Gasteiger partial charge on any atom is -0.481 e. The molecule has 0 saturated carbocycles. The second-order valence-electron chi connectivity index (χ2n) is 3.97. The van der Waals surface area contributed by atoms with E-state index in [0.717, 1.165) is 8.95 Å². The van der Waals surface area contributed by atoms with E-state index in [9.17, 15) is 9.59 Å². The van der Waals surface area contributed by atoms with E-state index in [-0.39, 0.29) is 19.1 Å². The zero-order valence-corrected chi connectivity index (χ0v) is 12.4. The molecule has 0 radical (unpaired) electrons. The predicted molar refractivity (Wildman–Crippen MR) is 73.6 cm³/mol. The molecule has 1 aromatic rings. The molecule has 1 aliphatic rings. The number of aliphatic carboxylic acids is 1. The van der Waals surface area contributed by atoms with Crippen molar-refractivity contribution in [2.24, 2.45) is 5.92 Å². The molecule has 2 amide bonds. The zero-order chi connectivity index (χ0) is 13.3. The number of hydrogen-bond donors (Lipinski definition) is 2. The van der Waals surface area contributed by atoms with E-state index in [1.165, 1.54) is 4.90 Å². The van der Waals surface area contributed by atoms with Crippen molar-refractivity contribution in [1.29, 1.82) is 0 Å². The van der Waals surface area contributed by atoms with Crippen LogP contribution in [0, 0.1) is 5.92 Å². The molecule has 0 bridgehead atoms. The molecule has 0 unspecified atom stereocenters. The lowest BCUT2D eigenvalue weighted by atomic mass is 10.0. The summed E-state index contributed by atoms with van der Waals surface area (Å²) in [6.07, 6.45) is 0. The first-order chi connectivity index (χ1) is 8.49. The Morgan fingerprint density at radius 3 is 2.33 bits per heavy atom. The lowest BCUT2D eigenvalue weighted by Crippen LogP contribution is -2.54. The smallest absolute Gasteiger partial charge is 0.321 e. The van der Waals surface area contributed by atoms with Gasteiger partial charge in [0.05, 0.1) is 11.6 Å². The van der Waals surface area contributed by atoms with Crippen LogP contribution in [0.3, 0.4) is 0 Å². The quantitative estimate of drug-likeness (QED) is 0.832. The number of para-hydroxylation sites is 1. The van der Waals surface area contributed by atoms with Crippen molar-refractivity contribution in [3.05, 3.63) is 27.1 Å². The minimum absolute atomic E-state index is 0.253. The van der Waals surface area contributed by atoms with Gasteiger partial charge in [-0.1, -0.05) is 6.07 Å². The Morgan fingerprint density at radius 2 is 1.83 bits per heavy atom. The maximum Gasteiger partial charge on any atom is 0.321 e. The average Bonchev–Trinajstić information content (AvgIpc) is 2.21. The average molecular weight is 378 g/mol. The van der Waals surface area contributed by atoms with Crippen LogP contribution in [0.2, 0.25) is 0 Å². The van der Waals surface area contributed by atoms with Crippen molar-refractivity contribution in [3.8, 4) is 0 Å². The Hall–Kier alpha value is -1.08. The summed E-state index contributed by atoms with van der Waals surface area (Å²) in [6, 6.07) is 5.18. The van der Waals surface area contributed by atoms with Gasteiger partial charge in [0.2, 0.25) is 0 Å². The first-order valence-corrected chi connectivity index (χ1v) is 6.80. The number of nitrogens with one attached hydrogen (secondary N) is 1. The number of amides is 2. The van der Waals surface area contributed by atoms with Crippen molar-refractivity contribution >= 4 is 49.5 Å². The summed E-state index contributed by atoms with van der Waals surface area (Å²) >= 11 is 6.68. The highest BCUT2D eigenvalue weighted by atomic mass is 79.9. The fourth-order valence-corrected chi connectivity index (χ4v) is 2.80. The van der Waals surface area contributed by atoms with Gasteiger partial charge in [0.1, 0.15) is 0 Å². The molecular formula is C11H10Br2N2O3. The number of nitrogens with zero attached hydrogens (tertiary/aromatic N) is 1. The molecule has 18 heavy (non-hydrogen) atoms. The summed E-state index contributed by atoms with van der Waals surface area (Å²) < 4.78 is 1.53. The maximum atomic E-state index is 11.8. The Balaban J connectivity index is 1.99. The van der Waals surface area contributed by atoms with Gasteiger partial charge in [0.15, 0.2) is 0 Å². The topological polar surface area (TPSA) is 69.6 Å². The molecule has 7 heteroatoms. The summed E-state index contributed by atoms with van der Waals surface area (Å²) in [5, 5.41) is 11.5. The second kappa shape index (κ2) is 5.27. The van der Waals surface area contributed by atoms with Crippen LogP contribution in [-0.4, -0.2) is 35.1 Å². The number of likely N-dealkylation sites (tertiary alicyclic amines) is 1. The van der Waals surface area contributed by atoms with Crippen molar-refractivity contribution in [3.63, 3.8) is 0 Å². The number of carboxylic acids is 1. The largest absolute Gasteiger partial charge is 0.481 e. The minimum atomic E-state index is -0.860. The second-order valence-corrected chi connectivity index (χ2v) is 5.68. The van der Waals surface area contributed by atoms with Crippen LogP contribution < -0.4 is 5.32 Å². The molecule has 5 nitrogen and oxygen atoms in total. The molecule has 1 aromatic carbocycles. The fraction of sp³-hybridized carbons (Fsp3) is 0.273. The van der Waals surface area contributed by atoms with Gasteiger partial charge in [-0.15, -0.1) is 0 Å². The highest BCUT2D eigenvalue weighted by Crippen LogP contribution is 2.31. The van der Waals surface area contributed by atoms with E-state index in [1.54, 1.807) is 0 Å². The molecule has 1 heterocycles. The van der Waals surface area contributed by atoms with Crippen molar-refractivity contribution in [2.45, 2.75) is 0 Å². The molecule has 0 atom stereocenters. The van der Waals surface area contributed by atoms with Gasteiger partial charge in [-0.2, -0.15) is 0 Å². The van der Waals surface area contributed by atoms with E-state index in [1.807, 2.05) is 18.2 Å². The van der Waals surface area contributed by atoms with E-state index in [4.69, 9.17) is 5.11 Å². The Bertz CT molecular complexity index is 481. The summed E-state index contributed by atoms with van der Waals surface area (Å²) in [6.45, 7) is 0.506. The molecular weight excluding hydrogens is 368 g/mol. The van der Waals surface area contributed by atoms with Crippen LogP contribution in [0.15, 0.2) is 27.1 Å². The molecule has 2 rings (SSSR count). The third kappa shape index (κ3) is 2.67. The van der Waals surface area contributed by atoms with Gasteiger partial charge in [0.25, 0.3) is 0 Å². The van der Waals surface area contributed by atoms with Gasteiger partial charge in [-0.3, -0.25) is 4.79 Å². The van der Waals surface area contributed by atoms with Crippen LogP contribution in [0.1, 0.15) is 0 Å². The van der Waals surface area contributed by atoms with Crippen LogP contribution in [0.5, 0.6) is 0 Å². The molecule has 0 aliphatic carbocycles. The third-order valence-corrected chi connectivity index (χ3v) is 4.03. The van der Waals surface area contributed by atoms with Gasteiger partial charge in [-0.25, -0.2) is 4.79 Å². The summed E-state index contributed by atoms with van der Waals surface area (Å²) in [4.78, 5) is 24.0. The molecule has 2 N–H and O–H groups in total. The normalized spacial score (nSPS) is 15.1. The number of rotatable bonds is 2. The number of carbonyl (C=O) groups is 2. The first kappa shape index (κ1) is 13.4. The van der Waals surface area contributed by atoms with E-state index < -0.39 is 11.9 Å². The number of anilines is 1. The fourth-order valence-electron chi connectivity index (χ4n) is 1.60. The Kier molecular flexibility index (Phi) is 3.91. The summed E-state index contributed by atoms with van der Waals surface area (Å²) in [5.74, 6) is -1.31. The molecule has 1 aliphatic heterocycles. The highest BCUT2D eigenvalue weighted by Gasteiger charge is 2.35. The molecule has 96 valence electrons. The van der Waals surface area contributed by atoms with Gasteiger partial charge in [-0.05, 0) is 44.0 Å². The highest BCUT2D eigenvalue weighted by molar-refractivity contribution is 9.11. The SMILES string of the molecule is O=C(O)C1CN(C(=O)Nc2c(Br)cccc2Br)C1. The number of urea groups is 1. The Morgan fingerprint density at radius 1 is 1.28 bits per heavy atom. The number of benzene rings is 1. The maximum absolute atomic E-state index is 11.8. The molecule has 0 spiro atoms. The van der Waals surface area contributed by atoms with Gasteiger partial charge < -0.3 is 15.3 Å². The Labute approximate surface area is 120 Å². The number of hydrogen-bond acceptors (Lipinski definition) is 2. The number of carbonyl (C=O) groups excluding carboxylic acids is 1. The van der Waals surface area contributed by atoms with Crippen LogP contribution in [-0.2, 0) is 4.79 Å². The van der Waals surface area contributed by atoms with Crippen molar-refractivity contribution < 1.29 is 14.7 Å². The van der Waals surface area contributed by atoms with E-state index >= 15 is 0 Å². The van der Waals surface area contributed by atoms with Crippen LogP contribution in [0.4, 0.5) is 10.5 Å². The standard InChI is InChI=1S/C11H10Br2N2O3/c12-7-2-1-3-8(13)9(7)14-11(18)15-4-6(5-15)10(16)17/h1-3,6H,4-5H2,(H,14,18)(H,16,17). The lowest BCUT2D eigenvalue weighted by Gasteiger charge is -2.36. The summed E-state index contributed by atoms with van der Waals surface area (Å²) in [5.41, 5.74) is 0.640. The zero-order valence-electron chi connectivity index (χ0n) is 9.19. The van der Waals surface area contributed by atoms with Crippen molar-refractivity contribution in [2.75, 3.05) is 18.4 Å². The molecule has 1 saturated heterocycles. The van der Waals surface area contributed by atoms with E-state index in [2.05, 4.69) is 37.2 Å². The van der Waals surface area contributed by atoms with Crippen LogP contribution in [0.25, 0.3) is 0 Å². The molecule has 1 fully saturated rings. The number of carboxylic acid groups (broad SMARTS) is 1. The van der Waals surface area contributed by atoms with Gasteiger partial charge >= 0.3 is 12.0 Å². The van der Waals surface area contributed by atoms with E-state index in [0.29, 0.717) is 5.69 Å². The van der Waals surface area contributed by atoms with Gasteiger partial charge in [0, 0.05) is 22.0 Å². The third-order valence-electron chi connectivity index (χ3n) is 2.71. The molecule has 0 aromatic heterocycles. The first-order valence-electron chi connectivity index (χ1n) is 5.22. The number of halogens is 2. The lowest BCUT2D eigenvalue weighted by molar-refractivity contribution is -0.145. The monoisotopic (exact) mass is 376 g/mol. The van der Waals surface area contributed by atoms with Crippen LogP contribution >= 0.6 is 31.9 Å².